The lowest BCUT2D eigenvalue weighted by molar-refractivity contribution is -0.134. The van der Waals surface area contributed by atoms with Crippen molar-refractivity contribution in [3.63, 3.8) is 0 Å². The molecular weight excluding hydrogens is 232 g/mol. The minimum absolute atomic E-state index is 0.387. The van der Waals surface area contributed by atoms with E-state index in [0.717, 1.165) is 5.56 Å². The van der Waals surface area contributed by atoms with Gasteiger partial charge in [-0.3, -0.25) is 0 Å². The summed E-state index contributed by atoms with van der Waals surface area (Å²) in [6.45, 7) is 4.97. The van der Waals surface area contributed by atoms with Gasteiger partial charge in [0.05, 0.1) is 20.3 Å². The van der Waals surface area contributed by atoms with Gasteiger partial charge in [0.1, 0.15) is 0 Å². The van der Waals surface area contributed by atoms with E-state index in [1.54, 1.807) is 6.08 Å². The molecular formula is C14H18O4. The van der Waals surface area contributed by atoms with E-state index < -0.39 is 0 Å². The number of carbonyl (C=O) groups is 1. The molecule has 0 heterocycles. The van der Waals surface area contributed by atoms with Crippen LogP contribution in [0.3, 0.4) is 0 Å². The Morgan fingerprint density at radius 2 is 1.83 bits per heavy atom. The van der Waals surface area contributed by atoms with E-state index in [0.29, 0.717) is 24.7 Å². The normalized spacial score (nSPS) is 10.4. The lowest BCUT2D eigenvalue weighted by Gasteiger charge is -2.11. The van der Waals surface area contributed by atoms with E-state index in [9.17, 15) is 4.79 Å². The average molecular weight is 250 g/mol. The Balaban J connectivity index is 2.91. The van der Waals surface area contributed by atoms with Gasteiger partial charge in [0.25, 0.3) is 0 Å². The van der Waals surface area contributed by atoms with Crippen LogP contribution in [0.25, 0.3) is 6.08 Å². The van der Waals surface area contributed by atoms with E-state index in [1.165, 1.54) is 13.2 Å². The summed E-state index contributed by atoms with van der Waals surface area (Å²) in [5.41, 5.74) is 0.854. The molecule has 0 aliphatic rings. The van der Waals surface area contributed by atoms with Crippen molar-refractivity contribution >= 4 is 12.0 Å². The maximum Gasteiger partial charge on any atom is 0.330 e. The summed E-state index contributed by atoms with van der Waals surface area (Å²) < 4.78 is 15.5. The summed E-state index contributed by atoms with van der Waals surface area (Å²) in [5, 5.41) is 0. The third-order valence-corrected chi connectivity index (χ3v) is 2.18. The Bertz CT molecular complexity index is 424. The minimum Gasteiger partial charge on any atom is -0.490 e. The van der Waals surface area contributed by atoms with E-state index in [1.807, 2.05) is 32.0 Å². The zero-order valence-electron chi connectivity index (χ0n) is 10.9. The van der Waals surface area contributed by atoms with Crippen LogP contribution in [0.5, 0.6) is 11.5 Å². The van der Waals surface area contributed by atoms with Crippen molar-refractivity contribution in [3.8, 4) is 11.5 Å². The highest BCUT2D eigenvalue weighted by atomic mass is 16.5. The molecule has 1 aromatic rings. The first-order valence-electron chi connectivity index (χ1n) is 5.87. The number of benzene rings is 1. The zero-order valence-corrected chi connectivity index (χ0v) is 10.9. The number of hydrogen-bond acceptors (Lipinski definition) is 4. The molecule has 0 aromatic heterocycles. The highest BCUT2D eigenvalue weighted by Gasteiger charge is 2.04. The van der Waals surface area contributed by atoms with Crippen LogP contribution in [0.15, 0.2) is 24.3 Å². The highest BCUT2D eigenvalue weighted by molar-refractivity contribution is 5.87. The third-order valence-electron chi connectivity index (χ3n) is 2.18. The molecule has 0 radical (unpaired) electrons. The van der Waals surface area contributed by atoms with Crippen molar-refractivity contribution in [1.82, 2.24) is 0 Å². The molecule has 0 fully saturated rings. The Morgan fingerprint density at radius 3 is 2.44 bits per heavy atom. The molecule has 0 spiro atoms. The first-order chi connectivity index (χ1) is 8.71. The van der Waals surface area contributed by atoms with Gasteiger partial charge in [-0.2, -0.15) is 0 Å². The summed E-state index contributed by atoms with van der Waals surface area (Å²) in [5.74, 6) is 0.989. The molecule has 4 nitrogen and oxygen atoms in total. The van der Waals surface area contributed by atoms with Crippen molar-refractivity contribution in [2.45, 2.75) is 13.8 Å². The van der Waals surface area contributed by atoms with E-state index in [-0.39, 0.29) is 5.97 Å². The van der Waals surface area contributed by atoms with E-state index >= 15 is 0 Å². The second-order valence-electron chi connectivity index (χ2n) is 3.43. The highest BCUT2D eigenvalue weighted by Crippen LogP contribution is 2.28. The van der Waals surface area contributed by atoms with Crippen molar-refractivity contribution in [2.24, 2.45) is 0 Å². The standard InChI is InChI=1S/C14H18O4/c1-4-17-12-8-6-11(7-9-14(15)16-3)10-13(12)18-5-2/h6-10H,4-5H2,1-3H3/b9-7+. The van der Waals surface area contributed by atoms with Crippen molar-refractivity contribution in [2.75, 3.05) is 20.3 Å². The quantitative estimate of drug-likeness (QED) is 0.575. The van der Waals surface area contributed by atoms with Gasteiger partial charge in [0.15, 0.2) is 11.5 Å². The van der Waals surface area contributed by atoms with Crippen LogP contribution in [0, 0.1) is 0 Å². The summed E-state index contributed by atoms with van der Waals surface area (Å²) >= 11 is 0. The van der Waals surface area contributed by atoms with Crippen LogP contribution in [-0.4, -0.2) is 26.3 Å². The Labute approximate surface area is 107 Å². The summed E-state index contributed by atoms with van der Waals surface area (Å²) in [6.07, 6.45) is 3.04. The number of hydrogen-bond donors (Lipinski definition) is 0. The molecule has 18 heavy (non-hydrogen) atoms. The molecule has 0 saturated carbocycles. The summed E-state index contributed by atoms with van der Waals surface area (Å²) in [6, 6.07) is 5.51. The Hall–Kier alpha value is -1.97. The van der Waals surface area contributed by atoms with Gasteiger partial charge in [0, 0.05) is 6.08 Å². The van der Waals surface area contributed by atoms with Gasteiger partial charge in [-0.1, -0.05) is 6.07 Å². The van der Waals surface area contributed by atoms with Gasteiger partial charge >= 0.3 is 5.97 Å². The number of carbonyl (C=O) groups excluding carboxylic acids is 1. The maximum absolute atomic E-state index is 11.0. The second kappa shape index (κ2) is 7.37. The fourth-order valence-electron chi connectivity index (χ4n) is 1.40. The van der Waals surface area contributed by atoms with E-state index in [2.05, 4.69) is 4.74 Å². The van der Waals surface area contributed by atoms with Crippen molar-refractivity contribution < 1.29 is 19.0 Å². The fraction of sp³-hybridized carbons (Fsp3) is 0.357. The van der Waals surface area contributed by atoms with Gasteiger partial charge in [0.2, 0.25) is 0 Å². The van der Waals surface area contributed by atoms with Gasteiger partial charge < -0.3 is 14.2 Å². The van der Waals surface area contributed by atoms with Crippen LogP contribution in [0.4, 0.5) is 0 Å². The molecule has 0 N–H and O–H groups in total. The van der Waals surface area contributed by atoms with E-state index in [4.69, 9.17) is 9.47 Å². The predicted octanol–water partition coefficient (Wildman–Crippen LogP) is 2.67. The molecule has 4 heteroatoms. The van der Waals surface area contributed by atoms with Crippen LogP contribution >= 0.6 is 0 Å². The number of ether oxygens (including phenoxy) is 3. The van der Waals surface area contributed by atoms with Crippen molar-refractivity contribution in [3.05, 3.63) is 29.8 Å². The molecule has 1 rings (SSSR count). The fourth-order valence-corrected chi connectivity index (χ4v) is 1.40. The molecule has 0 atom stereocenters. The van der Waals surface area contributed by atoms with Gasteiger partial charge in [-0.05, 0) is 37.6 Å². The number of methoxy groups -OCH3 is 1. The van der Waals surface area contributed by atoms with Crippen LogP contribution in [0.2, 0.25) is 0 Å². The second-order valence-corrected chi connectivity index (χ2v) is 3.43. The summed E-state index contributed by atoms with van der Waals surface area (Å²) in [7, 11) is 1.34. The largest absolute Gasteiger partial charge is 0.490 e. The van der Waals surface area contributed by atoms with Gasteiger partial charge in [-0.15, -0.1) is 0 Å². The van der Waals surface area contributed by atoms with Gasteiger partial charge in [-0.25, -0.2) is 4.79 Å². The minimum atomic E-state index is -0.387. The van der Waals surface area contributed by atoms with Crippen LogP contribution < -0.4 is 9.47 Å². The molecule has 98 valence electrons. The molecule has 0 aliphatic heterocycles. The third kappa shape index (κ3) is 4.13. The predicted molar refractivity (Wildman–Crippen MR) is 69.8 cm³/mol. The lowest BCUT2D eigenvalue weighted by Crippen LogP contribution is -1.98. The van der Waals surface area contributed by atoms with Crippen molar-refractivity contribution in [1.29, 1.82) is 0 Å². The Kier molecular flexibility index (Phi) is 5.77. The summed E-state index contributed by atoms with van der Waals surface area (Å²) in [4.78, 5) is 11.0. The Morgan fingerprint density at radius 1 is 1.17 bits per heavy atom. The molecule has 0 saturated heterocycles. The molecule has 1 aromatic carbocycles. The molecule has 0 bridgehead atoms. The van der Waals surface area contributed by atoms with Crippen LogP contribution in [0.1, 0.15) is 19.4 Å². The molecule has 0 unspecified atom stereocenters. The first kappa shape index (κ1) is 14.1. The smallest absolute Gasteiger partial charge is 0.330 e. The first-order valence-corrected chi connectivity index (χ1v) is 5.87. The molecule has 0 amide bonds. The molecule has 0 aliphatic carbocycles. The zero-order chi connectivity index (χ0) is 13.4. The number of esters is 1. The number of rotatable bonds is 6. The topological polar surface area (TPSA) is 44.8 Å². The SMILES string of the molecule is CCOc1ccc(/C=C/C(=O)OC)cc1OCC. The van der Waals surface area contributed by atoms with Crippen LogP contribution in [-0.2, 0) is 9.53 Å². The maximum atomic E-state index is 11.0. The average Bonchev–Trinajstić information content (AvgIpc) is 2.39. The monoisotopic (exact) mass is 250 g/mol. The lowest BCUT2D eigenvalue weighted by atomic mass is 10.2.